The van der Waals surface area contributed by atoms with Crippen LogP contribution >= 0.6 is 12.4 Å². The van der Waals surface area contributed by atoms with E-state index >= 15 is 0 Å². The lowest BCUT2D eigenvalue weighted by molar-refractivity contribution is -0.138. The summed E-state index contributed by atoms with van der Waals surface area (Å²) in [6, 6.07) is 10.5. The maximum Gasteiger partial charge on any atom is 0.416 e. The predicted octanol–water partition coefficient (Wildman–Crippen LogP) is 6.33. The number of anilines is 1. The van der Waals surface area contributed by atoms with Gasteiger partial charge in [-0.05, 0) is 66.1 Å². The van der Waals surface area contributed by atoms with Crippen LogP contribution in [0.15, 0.2) is 36.4 Å². The van der Waals surface area contributed by atoms with Crippen LogP contribution in [0.2, 0.25) is 0 Å². The molecule has 0 radical (unpaired) electrons. The van der Waals surface area contributed by atoms with Crippen molar-refractivity contribution in [2.75, 3.05) is 11.9 Å². The van der Waals surface area contributed by atoms with Crippen LogP contribution in [0.1, 0.15) is 53.9 Å². The summed E-state index contributed by atoms with van der Waals surface area (Å²) in [5.74, 6) is 0.728. The molecule has 4 rings (SSSR count). The number of halogens is 4. The first kappa shape index (κ1) is 19.9. The van der Waals surface area contributed by atoms with Crippen molar-refractivity contribution >= 4 is 18.1 Å². The molecule has 2 aromatic carbocycles. The highest BCUT2D eigenvalue weighted by Crippen LogP contribution is 2.42. The lowest BCUT2D eigenvalue weighted by Crippen LogP contribution is -2.12. The van der Waals surface area contributed by atoms with Crippen LogP contribution in [0.3, 0.4) is 0 Å². The molecule has 2 aromatic rings. The summed E-state index contributed by atoms with van der Waals surface area (Å²) in [6.07, 6.45) is 0.345. The SMILES string of the molecule is Cl.FC(F)(F)c1cc(COc2ccc3c(c2)CCN3)ccc1C1CCCC1. The number of alkyl halides is 3. The molecule has 27 heavy (non-hydrogen) atoms. The molecular weight excluding hydrogens is 375 g/mol. The second-order valence-electron chi connectivity index (χ2n) is 7.19. The zero-order valence-corrected chi connectivity index (χ0v) is 15.8. The lowest BCUT2D eigenvalue weighted by atomic mass is 9.91. The Bertz CT molecular complexity index is 800. The van der Waals surface area contributed by atoms with Crippen LogP contribution < -0.4 is 10.1 Å². The van der Waals surface area contributed by atoms with Gasteiger partial charge in [-0.15, -0.1) is 12.4 Å². The second kappa shape index (κ2) is 8.01. The molecule has 1 aliphatic carbocycles. The van der Waals surface area contributed by atoms with Crippen LogP contribution in [-0.4, -0.2) is 6.54 Å². The van der Waals surface area contributed by atoms with Gasteiger partial charge in [0.05, 0.1) is 5.56 Å². The average molecular weight is 398 g/mol. The Balaban J connectivity index is 0.00000210. The molecule has 146 valence electrons. The molecule has 1 heterocycles. The molecule has 0 spiro atoms. The van der Waals surface area contributed by atoms with E-state index in [1.807, 2.05) is 18.2 Å². The number of fused-ring (bicyclic) bond motifs is 1. The first-order valence-electron chi connectivity index (χ1n) is 9.20. The van der Waals surface area contributed by atoms with Crippen LogP contribution in [0.4, 0.5) is 18.9 Å². The van der Waals surface area contributed by atoms with E-state index in [1.165, 1.54) is 11.6 Å². The van der Waals surface area contributed by atoms with E-state index in [2.05, 4.69) is 5.32 Å². The molecule has 6 heteroatoms. The van der Waals surface area contributed by atoms with E-state index in [4.69, 9.17) is 4.74 Å². The Labute approximate surface area is 163 Å². The van der Waals surface area contributed by atoms with Crippen LogP contribution in [0.5, 0.6) is 5.75 Å². The molecule has 0 atom stereocenters. The van der Waals surface area contributed by atoms with E-state index in [1.54, 1.807) is 12.1 Å². The maximum absolute atomic E-state index is 13.5. The smallest absolute Gasteiger partial charge is 0.416 e. The zero-order chi connectivity index (χ0) is 18.1. The molecule has 1 saturated carbocycles. The van der Waals surface area contributed by atoms with Crippen molar-refractivity contribution in [3.8, 4) is 5.75 Å². The minimum absolute atomic E-state index is 0. The third-order valence-electron chi connectivity index (χ3n) is 5.41. The number of ether oxygens (including phenoxy) is 1. The van der Waals surface area contributed by atoms with Crippen molar-refractivity contribution < 1.29 is 17.9 Å². The molecule has 1 aliphatic heterocycles. The topological polar surface area (TPSA) is 21.3 Å². The summed E-state index contributed by atoms with van der Waals surface area (Å²) in [5.41, 5.74) is 2.80. The van der Waals surface area contributed by atoms with Crippen LogP contribution in [0.25, 0.3) is 0 Å². The Morgan fingerprint density at radius 2 is 1.81 bits per heavy atom. The monoisotopic (exact) mass is 397 g/mol. The quantitative estimate of drug-likeness (QED) is 0.650. The summed E-state index contributed by atoms with van der Waals surface area (Å²) in [7, 11) is 0. The summed E-state index contributed by atoms with van der Waals surface area (Å²) in [4.78, 5) is 0. The highest BCUT2D eigenvalue weighted by atomic mass is 35.5. The standard InChI is InChI=1S/C21H22F3NO.ClH/c22-21(23,24)19-11-14(5-7-18(19)15-3-1-2-4-15)13-26-17-6-8-20-16(12-17)9-10-25-20;/h5-8,11-12,15,25H,1-4,9-10,13H2;1H. The highest BCUT2D eigenvalue weighted by Gasteiger charge is 2.36. The molecule has 1 fully saturated rings. The number of rotatable bonds is 4. The maximum atomic E-state index is 13.5. The van der Waals surface area contributed by atoms with Gasteiger partial charge in [-0.2, -0.15) is 13.2 Å². The van der Waals surface area contributed by atoms with Crippen molar-refractivity contribution in [2.24, 2.45) is 0 Å². The molecule has 2 aliphatic rings. The molecule has 0 aromatic heterocycles. The Morgan fingerprint density at radius 3 is 2.56 bits per heavy atom. The Hall–Kier alpha value is -1.88. The van der Waals surface area contributed by atoms with E-state index in [0.29, 0.717) is 16.9 Å². The van der Waals surface area contributed by atoms with Crippen molar-refractivity contribution in [2.45, 2.75) is 50.8 Å². The van der Waals surface area contributed by atoms with Crippen LogP contribution in [-0.2, 0) is 19.2 Å². The number of nitrogens with one attached hydrogen (secondary N) is 1. The molecule has 2 nitrogen and oxygen atoms in total. The fraction of sp³-hybridized carbons (Fsp3) is 0.429. The number of hydrogen-bond donors (Lipinski definition) is 1. The third-order valence-corrected chi connectivity index (χ3v) is 5.41. The first-order chi connectivity index (χ1) is 12.5. The fourth-order valence-electron chi connectivity index (χ4n) is 4.07. The van der Waals surface area contributed by atoms with E-state index in [-0.39, 0.29) is 24.9 Å². The van der Waals surface area contributed by atoms with Gasteiger partial charge in [-0.1, -0.05) is 25.0 Å². The second-order valence-corrected chi connectivity index (χ2v) is 7.19. The summed E-state index contributed by atoms with van der Waals surface area (Å²) in [6.45, 7) is 1.05. The van der Waals surface area contributed by atoms with Gasteiger partial charge in [0.25, 0.3) is 0 Å². The summed E-state index contributed by atoms with van der Waals surface area (Å²) >= 11 is 0. The van der Waals surface area contributed by atoms with Gasteiger partial charge in [-0.25, -0.2) is 0 Å². The lowest BCUT2D eigenvalue weighted by Gasteiger charge is -2.19. The van der Waals surface area contributed by atoms with E-state index in [9.17, 15) is 13.2 Å². The van der Waals surface area contributed by atoms with Gasteiger partial charge in [0.2, 0.25) is 0 Å². The van der Waals surface area contributed by atoms with Gasteiger partial charge in [0.1, 0.15) is 12.4 Å². The normalized spacial score (nSPS) is 16.6. The Kier molecular flexibility index (Phi) is 5.89. The molecule has 0 amide bonds. The van der Waals surface area contributed by atoms with E-state index < -0.39 is 11.7 Å². The highest BCUT2D eigenvalue weighted by molar-refractivity contribution is 5.85. The molecule has 1 N–H and O–H groups in total. The largest absolute Gasteiger partial charge is 0.489 e. The van der Waals surface area contributed by atoms with Gasteiger partial charge >= 0.3 is 6.18 Å². The minimum Gasteiger partial charge on any atom is -0.489 e. The predicted molar refractivity (Wildman–Crippen MR) is 103 cm³/mol. The minimum atomic E-state index is -4.33. The first-order valence-corrected chi connectivity index (χ1v) is 9.20. The average Bonchev–Trinajstić information content (AvgIpc) is 3.30. The van der Waals surface area contributed by atoms with Gasteiger partial charge in [0.15, 0.2) is 0 Å². The van der Waals surface area contributed by atoms with Gasteiger partial charge in [0, 0.05) is 12.2 Å². The van der Waals surface area contributed by atoms with Crippen LogP contribution in [0, 0.1) is 0 Å². The third kappa shape index (κ3) is 4.34. The summed E-state index contributed by atoms with van der Waals surface area (Å²) in [5, 5.41) is 3.28. The molecule has 0 bridgehead atoms. The summed E-state index contributed by atoms with van der Waals surface area (Å²) < 4.78 is 46.4. The van der Waals surface area contributed by atoms with Crippen molar-refractivity contribution in [1.82, 2.24) is 0 Å². The zero-order valence-electron chi connectivity index (χ0n) is 14.9. The number of hydrogen-bond acceptors (Lipinski definition) is 2. The van der Waals surface area contributed by atoms with E-state index in [0.717, 1.165) is 44.3 Å². The fourth-order valence-corrected chi connectivity index (χ4v) is 4.07. The van der Waals surface area contributed by atoms with Crippen molar-refractivity contribution in [3.63, 3.8) is 0 Å². The molecular formula is C21H23ClF3NO. The van der Waals surface area contributed by atoms with Gasteiger partial charge < -0.3 is 10.1 Å². The molecule has 0 saturated heterocycles. The Morgan fingerprint density at radius 1 is 1.04 bits per heavy atom. The van der Waals surface area contributed by atoms with Crippen molar-refractivity contribution in [1.29, 1.82) is 0 Å². The molecule has 0 unspecified atom stereocenters. The number of benzene rings is 2. The van der Waals surface area contributed by atoms with Crippen molar-refractivity contribution in [3.05, 3.63) is 58.7 Å². The van der Waals surface area contributed by atoms with Gasteiger partial charge in [-0.3, -0.25) is 0 Å².